The molecular formula is C25H43NO7S. The highest BCUT2D eigenvalue weighted by molar-refractivity contribution is 7.83. The van der Waals surface area contributed by atoms with Crippen molar-refractivity contribution in [3.8, 4) is 0 Å². The predicted octanol–water partition coefficient (Wildman–Crippen LogP) is 2.94. The highest BCUT2D eigenvalue weighted by Crippen LogP contribution is 2.68. The average Bonchev–Trinajstić information content (AvgIpc) is 3.12. The molecule has 1 unspecified atom stereocenters. The summed E-state index contributed by atoms with van der Waals surface area (Å²) in [6, 6.07) is -0.767. The Hall–Kier alpha value is -0.740. The first kappa shape index (κ1) is 26.3. The molecule has 4 rings (SSSR count). The molecule has 0 amide bonds. The number of rotatable bonds is 6. The number of aliphatic hydroxyl groups excluding tert-OH is 2. The first-order valence-electron chi connectivity index (χ1n) is 13.0. The van der Waals surface area contributed by atoms with E-state index in [1.807, 2.05) is 0 Å². The molecule has 11 atom stereocenters. The van der Waals surface area contributed by atoms with Crippen molar-refractivity contribution in [1.29, 1.82) is 0 Å². The summed E-state index contributed by atoms with van der Waals surface area (Å²) in [5, 5.41) is 21.9. The van der Waals surface area contributed by atoms with Crippen molar-refractivity contribution >= 4 is 16.3 Å². The van der Waals surface area contributed by atoms with Crippen LogP contribution in [0.1, 0.15) is 78.6 Å². The van der Waals surface area contributed by atoms with Crippen LogP contribution < -0.4 is 4.72 Å². The van der Waals surface area contributed by atoms with E-state index in [0.717, 1.165) is 38.5 Å². The van der Waals surface area contributed by atoms with Gasteiger partial charge in [0.25, 0.3) is 0 Å². The third kappa shape index (κ3) is 4.44. The zero-order chi connectivity index (χ0) is 25.1. The fraction of sp³-hybridized carbons (Fsp3) is 0.960. The van der Waals surface area contributed by atoms with Crippen LogP contribution in [0.3, 0.4) is 0 Å². The zero-order valence-corrected chi connectivity index (χ0v) is 21.8. The molecule has 0 spiro atoms. The Kier molecular flexibility index (Phi) is 7.19. The summed E-state index contributed by atoms with van der Waals surface area (Å²) in [7, 11) is -3.09. The van der Waals surface area contributed by atoms with Gasteiger partial charge in [0.05, 0.1) is 25.4 Å². The summed E-state index contributed by atoms with van der Waals surface area (Å²) in [6.45, 7) is 6.75. The van der Waals surface area contributed by atoms with Crippen LogP contribution in [0.4, 0.5) is 0 Å². The highest BCUT2D eigenvalue weighted by Gasteiger charge is 2.65. The van der Waals surface area contributed by atoms with Gasteiger partial charge in [-0.25, -0.2) is 0 Å². The molecule has 0 aromatic rings. The molecule has 4 aliphatic rings. The standard InChI is InChI=1S/C25H43NO7S/c1-14(5-8-20(28)33-4)16-6-7-17-21-18(10-12-24(16,17)2)25(3)11-9-15(27)13-19(25)23(29)22(21)26-34(30,31)32/h14-19,21-23,26-27,29H,5-13H2,1-4H3,(H,30,31,32)/t14-,15-,16-,17+,18+,19+,21+,22?,23-,24-,25-/m1/s1. The van der Waals surface area contributed by atoms with Crippen molar-refractivity contribution in [3.63, 3.8) is 0 Å². The van der Waals surface area contributed by atoms with E-state index in [4.69, 9.17) is 4.74 Å². The minimum Gasteiger partial charge on any atom is -0.469 e. The smallest absolute Gasteiger partial charge is 0.333 e. The number of methoxy groups -OCH3 is 1. The summed E-state index contributed by atoms with van der Waals surface area (Å²) < 4.78 is 41.0. The van der Waals surface area contributed by atoms with E-state index in [0.29, 0.717) is 31.1 Å². The van der Waals surface area contributed by atoms with Gasteiger partial charge in [0.1, 0.15) is 0 Å². The van der Waals surface area contributed by atoms with Crippen LogP contribution in [0.15, 0.2) is 0 Å². The van der Waals surface area contributed by atoms with E-state index in [2.05, 4.69) is 25.5 Å². The zero-order valence-electron chi connectivity index (χ0n) is 20.9. The Bertz CT molecular complexity index is 880. The number of nitrogens with one attached hydrogen (secondary N) is 1. The number of hydrogen-bond donors (Lipinski definition) is 4. The van der Waals surface area contributed by atoms with Gasteiger partial charge in [0.15, 0.2) is 0 Å². The summed E-state index contributed by atoms with van der Waals surface area (Å²) in [5.41, 5.74) is -0.191. The van der Waals surface area contributed by atoms with Crippen LogP contribution in [-0.4, -0.2) is 54.5 Å². The van der Waals surface area contributed by atoms with Gasteiger partial charge in [-0.05, 0) is 97.7 Å². The maximum Gasteiger partial charge on any atom is 0.333 e. The Morgan fingerprint density at radius 2 is 1.71 bits per heavy atom. The van der Waals surface area contributed by atoms with Crippen molar-refractivity contribution in [2.45, 2.75) is 96.8 Å². The fourth-order valence-electron chi connectivity index (χ4n) is 9.22. The number of esters is 1. The van der Waals surface area contributed by atoms with Gasteiger partial charge in [-0.2, -0.15) is 13.1 Å². The van der Waals surface area contributed by atoms with Crippen molar-refractivity contribution in [2.24, 2.45) is 46.3 Å². The van der Waals surface area contributed by atoms with Crippen LogP contribution in [0, 0.1) is 46.3 Å². The maximum absolute atomic E-state index is 12.0. The molecule has 0 heterocycles. The molecule has 4 N–H and O–H groups in total. The average molecular weight is 502 g/mol. The lowest BCUT2D eigenvalue weighted by atomic mass is 9.42. The molecule has 4 aliphatic carbocycles. The molecule has 0 aromatic carbocycles. The molecule has 196 valence electrons. The molecule has 4 fully saturated rings. The van der Waals surface area contributed by atoms with Crippen molar-refractivity contribution in [3.05, 3.63) is 0 Å². The number of carbonyl (C=O) groups excluding carboxylic acids is 1. The SMILES string of the molecule is COC(=O)CC[C@@H](C)[C@H]1CC[C@H]2[C@@H]3C(NS(=O)(=O)O)[C@H](O)[C@@H]4C[C@H](O)CC[C@]4(C)[C@H]3CC[C@]12C. The molecule has 0 radical (unpaired) electrons. The Morgan fingerprint density at radius 3 is 2.35 bits per heavy atom. The third-order valence-electron chi connectivity index (χ3n) is 10.8. The molecule has 0 aromatic heterocycles. The van der Waals surface area contributed by atoms with Gasteiger partial charge in [-0.3, -0.25) is 9.35 Å². The summed E-state index contributed by atoms with van der Waals surface area (Å²) in [5.74, 6) is 0.694. The fourth-order valence-corrected chi connectivity index (χ4v) is 9.86. The second-order valence-corrected chi connectivity index (χ2v) is 13.4. The lowest BCUT2D eigenvalue weighted by Crippen LogP contribution is -2.68. The number of carbonyl (C=O) groups is 1. The van der Waals surface area contributed by atoms with E-state index in [1.165, 1.54) is 7.11 Å². The van der Waals surface area contributed by atoms with Gasteiger partial charge in [-0.15, -0.1) is 0 Å². The number of aliphatic hydroxyl groups is 2. The van der Waals surface area contributed by atoms with E-state index < -0.39 is 28.6 Å². The van der Waals surface area contributed by atoms with Crippen LogP contribution >= 0.6 is 0 Å². The Balaban J connectivity index is 1.66. The largest absolute Gasteiger partial charge is 0.469 e. The molecule has 4 saturated carbocycles. The Labute approximate surface area is 204 Å². The monoisotopic (exact) mass is 501 g/mol. The first-order valence-corrected chi connectivity index (χ1v) is 14.4. The van der Waals surface area contributed by atoms with E-state index in [9.17, 15) is 28.0 Å². The quantitative estimate of drug-likeness (QED) is 0.325. The Morgan fingerprint density at radius 1 is 1.06 bits per heavy atom. The van der Waals surface area contributed by atoms with E-state index >= 15 is 0 Å². The third-order valence-corrected chi connectivity index (χ3v) is 11.4. The summed E-state index contributed by atoms with van der Waals surface area (Å²) >= 11 is 0. The molecular weight excluding hydrogens is 458 g/mol. The molecule has 0 aliphatic heterocycles. The van der Waals surface area contributed by atoms with Crippen LogP contribution in [0.2, 0.25) is 0 Å². The summed E-state index contributed by atoms with van der Waals surface area (Å²) in [6.07, 6.45) is 5.63. The van der Waals surface area contributed by atoms with Gasteiger partial charge >= 0.3 is 16.3 Å². The number of ether oxygens (including phenoxy) is 1. The van der Waals surface area contributed by atoms with Crippen LogP contribution in [0.25, 0.3) is 0 Å². The number of hydrogen-bond acceptors (Lipinski definition) is 6. The number of fused-ring (bicyclic) bond motifs is 5. The van der Waals surface area contributed by atoms with Crippen LogP contribution in [-0.2, 0) is 19.8 Å². The van der Waals surface area contributed by atoms with Gasteiger partial charge < -0.3 is 14.9 Å². The van der Waals surface area contributed by atoms with Crippen molar-refractivity contribution in [2.75, 3.05) is 7.11 Å². The van der Waals surface area contributed by atoms with Crippen molar-refractivity contribution < 1.29 is 32.7 Å². The second kappa shape index (κ2) is 9.29. The summed E-state index contributed by atoms with van der Waals surface area (Å²) in [4.78, 5) is 11.7. The molecule has 0 saturated heterocycles. The molecule has 8 nitrogen and oxygen atoms in total. The van der Waals surface area contributed by atoms with Gasteiger partial charge in [0.2, 0.25) is 0 Å². The van der Waals surface area contributed by atoms with Gasteiger partial charge in [-0.1, -0.05) is 20.8 Å². The maximum atomic E-state index is 12.0. The predicted molar refractivity (Wildman–Crippen MR) is 127 cm³/mol. The molecule has 34 heavy (non-hydrogen) atoms. The first-order chi connectivity index (χ1) is 15.8. The lowest BCUT2D eigenvalue weighted by molar-refractivity contribution is -0.184. The van der Waals surface area contributed by atoms with Crippen molar-refractivity contribution in [1.82, 2.24) is 4.72 Å². The molecule has 9 heteroatoms. The topological polar surface area (TPSA) is 133 Å². The lowest BCUT2D eigenvalue weighted by Gasteiger charge is -2.64. The van der Waals surface area contributed by atoms with E-state index in [-0.39, 0.29) is 40.5 Å². The molecule has 0 bridgehead atoms. The second-order valence-electron chi connectivity index (χ2n) is 12.3. The van der Waals surface area contributed by atoms with E-state index in [1.54, 1.807) is 0 Å². The van der Waals surface area contributed by atoms with Crippen LogP contribution in [0.5, 0.6) is 0 Å². The highest BCUT2D eigenvalue weighted by atomic mass is 32.2. The normalized spacial score (nSPS) is 47.3. The minimum atomic E-state index is -4.50. The minimum absolute atomic E-state index is 0.0209. The van der Waals surface area contributed by atoms with Gasteiger partial charge in [0, 0.05) is 6.42 Å².